The van der Waals surface area contributed by atoms with Crippen molar-refractivity contribution in [2.24, 2.45) is 0 Å². The van der Waals surface area contributed by atoms with Crippen molar-refractivity contribution in [3.8, 4) is 0 Å². The first-order valence-electron chi connectivity index (χ1n) is 6.63. The monoisotopic (exact) mass is 277 g/mol. The van der Waals surface area contributed by atoms with E-state index in [0.717, 1.165) is 5.56 Å². The largest absolute Gasteiger partial charge is 0.449 e. The summed E-state index contributed by atoms with van der Waals surface area (Å²) in [5, 5.41) is 1.02. The van der Waals surface area contributed by atoms with Gasteiger partial charge in [0.2, 0.25) is 16.3 Å². The van der Waals surface area contributed by atoms with Crippen LogP contribution in [0, 0.1) is 17.7 Å². The SMILES string of the molecule is Cc1ccc2oc3c(=O)c4ccccc4c(=O)c=3[nH]c2c1. The van der Waals surface area contributed by atoms with E-state index in [1.54, 1.807) is 30.3 Å². The van der Waals surface area contributed by atoms with E-state index >= 15 is 0 Å². The molecule has 0 atom stereocenters. The average molecular weight is 277 g/mol. The van der Waals surface area contributed by atoms with Crippen molar-refractivity contribution >= 4 is 21.9 Å². The molecule has 4 nitrogen and oxygen atoms in total. The van der Waals surface area contributed by atoms with Crippen molar-refractivity contribution in [1.29, 1.82) is 0 Å². The number of hydrogen-bond acceptors (Lipinski definition) is 3. The maximum atomic E-state index is 12.5. The molecule has 0 fully saturated rings. The van der Waals surface area contributed by atoms with Crippen LogP contribution in [0.25, 0.3) is 21.9 Å². The number of nitrogens with one attached hydrogen (secondary N) is 1. The minimum atomic E-state index is -0.265. The van der Waals surface area contributed by atoms with Gasteiger partial charge in [-0.25, -0.2) is 0 Å². The molecule has 1 aliphatic carbocycles. The lowest BCUT2D eigenvalue weighted by molar-refractivity contribution is 0.556. The molecular weight excluding hydrogens is 266 g/mol. The summed E-state index contributed by atoms with van der Waals surface area (Å²) in [4.78, 5) is 28.1. The molecule has 0 unspecified atom stereocenters. The molecule has 0 aromatic heterocycles. The van der Waals surface area contributed by atoms with Crippen LogP contribution in [0.5, 0.6) is 0 Å². The van der Waals surface area contributed by atoms with Gasteiger partial charge >= 0.3 is 0 Å². The summed E-state index contributed by atoms with van der Waals surface area (Å²) in [7, 11) is 0. The fourth-order valence-corrected chi connectivity index (χ4v) is 2.64. The van der Waals surface area contributed by atoms with Gasteiger partial charge in [0.15, 0.2) is 5.58 Å². The zero-order valence-electron chi connectivity index (χ0n) is 11.3. The van der Waals surface area contributed by atoms with Crippen LogP contribution in [0.4, 0.5) is 0 Å². The Labute approximate surface area is 118 Å². The molecule has 1 N–H and O–H groups in total. The third kappa shape index (κ3) is 1.62. The van der Waals surface area contributed by atoms with Gasteiger partial charge in [-0.3, -0.25) is 9.59 Å². The second-order valence-electron chi connectivity index (χ2n) is 5.13. The van der Waals surface area contributed by atoms with Gasteiger partial charge in [-0.2, -0.15) is 0 Å². The van der Waals surface area contributed by atoms with Gasteiger partial charge in [0.05, 0.1) is 5.52 Å². The van der Waals surface area contributed by atoms with Crippen LogP contribution in [0.3, 0.4) is 0 Å². The smallest absolute Gasteiger partial charge is 0.231 e. The third-order valence-electron chi connectivity index (χ3n) is 3.68. The fourth-order valence-electron chi connectivity index (χ4n) is 2.64. The van der Waals surface area contributed by atoms with Crippen molar-refractivity contribution in [3.63, 3.8) is 0 Å². The number of hydrogen-bond donors (Lipinski definition) is 1. The molecule has 0 saturated heterocycles. The number of H-pyrrole nitrogens is 1. The second-order valence-corrected chi connectivity index (χ2v) is 5.13. The summed E-state index contributed by atoms with van der Waals surface area (Å²) in [6.45, 7) is 1.95. The lowest BCUT2D eigenvalue weighted by atomic mass is 10.1. The van der Waals surface area contributed by atoms with Gasteiger partial charge in [-0.1, -0.05) is 30.3 Å². The standard InChI is InChI=1S/C17H11NO3/c1-9-6-7-13-12(8-9)18-14-15(19)10-4-2-3-5-11(10)16(20)17(14)21-13/h2-8,18H,1H3. The van der Waals surface area contributed by atoms with Gasteiger partial charge in [-0.15, -0.1) is 0 Å². The molecule has 0 saturated carbocycles. The van der Waals surface area contributed by atoms with E-state index < -0.39 is 0 Å². The third-order valence-corrected chi connectivity index (χ3v) is 3.68. The quantitative estimate of drug-likeness (QED) is 0.537. The summed E-state index contributed by atoms with van der Waals surface area (Å²) in [6.07, 6.45) is 0. The number of aromatic amines is 1. The van der Waals surface area contributed by atoms with Crippen LogP contribution < -0.4 is 10.9 Å². The van der Waals surface area contributed by atoms with Crippen molar-refractivity contribution in [3.05, 3.63) is 79.2 Å². The number of aromatic nitrogens is 1. The molecule has 102 valence electrons. The minimum absolute atomic E-state index is 0.0788. The van der Waals surface area contributed by atoms with E-state index in [9.17, 15) is 9.59 Å². The Morgan fingerprint density at radius 3 is 2.43 bits per heavy atom. The van der Waals surface area contributed by atoms with E-state index in [4.69, 9.17) is 4.42 Å². The average Bonchev–Trinajstić information content (AvgIpc) is 2.51. The first-order chi connectivity index (χ1) is 10.1. The molecule has 0 amide bonds. The van der Waals surface area contributed by atoms with Crippen molar-refractivity contribution < 1.29 is 4.42 Å². The van der Waals surface area contributed by atoms with Crippen molar-refractivity contribution in [1.82, 2.24) is 4.98 Å². The first-order valence-corrected chi connectivity index (χ1v) is 6.63. The van der Waals surface area contributed by atoms with Gasteiger partial charge in [0.25, 0.3) is 0 Å². The molecule has 2 aliphatic rings. The Morgan fingerprint density at radius 2 is 1.67 bits per heavy atom. The summed E-state index contributed by atoms with van der Waals surface area (Å²) in [6, 6.07) is 12.4. The molecule has 2 aromatic rings. The lowest BCUT2D eigenvalue weighted by Crippen LogP contribution is -2.16. The van der Waals surface area contributed by atoms with E-state index in [0.29, 0.717) is 21.9 Å². The number of aryl methyl sites for hydroxylation is 1. The Morgan fingerprint density at radius 1 is 0.952 bits per heavy atom. The molecule has 1 aliphatic heterocycles. The first kappa shape index (κ1) is 11.9. The van der Waals surface area contributed by atoms with E-state index in [1.165, 1.54) is 0 Å². The van der Waals surface area contributed by atoms with Gasteiger partial charge in [0, 0.05) is 10.8 Å². The van der Waals surface area contributed by atoms with Gasteiger partial charge in [0.1, 0.15) is 5.35 Å². The Balaban J connectivity index is 2.40. The molecule has 0 bridgehead atoms. The summed E-state index contributed by atoms with van der Waals surface area (Å²) < 4.78 is 5.68. The Kier molecular flexibility index (Phi) is 2.30. The molecule has 21 heavy (non-hydrogen) atoms. The number of rotatable bonds is 0. The zero-order chi connectivity index (χ0) is 14.6. The highest BCUT2D eigenvalue weighted by Crippen LogP contribution is 2.14. The molecule has 0 radical (unpaired) electrons. The number of benzene rings is 2. The van der Waals surface area contributed by atoms with Crippen LogP contribution >= 0.6 is 0 Å². The molecular formula is C17H11NO3. The summed E-state index contributed by atoms with van der Waals surface area (Å²) in [5.74, 6) is 0. The predicted octanol–water partition coefficient (Wildman–Crippen LogP) is 2.67. The van der Waals surface area contributed by atoms with E-state index in [1.807, 2.05) is 19.1 Å². The topological polar surface area (TPSA) is 63.1 Å². The Bertz CT molecular complexity index is 1180. The molecule has 4 heteroatoms. The van der Waals surface area contributed by atoms with Crippen LogP contribution in [-0.4, -0.2) is 4.98 Å². The highest BCUT2D eigenvalue weighted by atomic mass is 16.3. The van der Waals surface area contributed by atoms with Crippen LogP contribution in [0.15, 0.2) is 56.5 Å². The molecule has 0 spiro atoms. The van der Waals surface area contributed by atoms with Crippen molar-refractivity contribution in [2.45, 2.75) is 6.92 Å². The summed E-state index contributed by atoms with van der Waals surface area (Å²) >= 11 is 0. The lowest BCUT2D eigenvalue weighted by Gasteiger charge is -2.02. The fraction of sp³-hybridized carbons (Fsp3) is 0.0588. The molecule has 2 aromatic carbocycles. The van der Waals surface area contributed by atoms with Crippen molar-refractivity contribution in [2.75, 3.05) is 0 Å². The second kappa shape index (κ2) is 4.06. The van der Waals surface area contributed by atoms with Crippen LogP contribution in [-0.2, 0) is 0 Å². The maximum absolute atomic E-state index is 12.5. The van der Waals surface area contributed by atoms with Gasteiger partial charge in [-0.05, 0) is 24.6 Å². The molecule has 1 heterocycles. The van der Waals surface area contributed by atoms with Crippen LogP contribution in [0.2, 0.25) is 0 Å². The van der Waals surface area contributed by atoms with E-state index in [-0.39, 0.29) is 21.6 Å². The Hall–Kier alpha value is -2.88. The highest BCUT2D eigenvalue weighted by molar-refractivity contribution is 5.82. The summed E-state index contributed by atoms with van der Waals surface area (Å²) in [5.41, 5.74) is 1.90. The van der Waals surface area contributed by atoms with Crippen LogP contribution in [0.1, 0.15) is 5.56 Å². The van der Waals surface area contributed by atoms with Gasteiger partial charge < -0.3 is 9.40 Å². The zero-order valence-corrected chi connectivity index (χ0v) is 11.3. The van der Waals surface area contributed by atoms with E-state index in [2.05, 4.69) is 4.98 Å². The highest BCUT2D eigenvalue weighted by Gasteiger charge is 2.10. The molecule has 4 rings (SSSR count). The number of fused-ring (bicyclic) bond motifs is 2. The predicted molar refractivity (Wildman–Crippen MR) is 80.6 cm³/mol. The maximum Gasteiger partial charge on any atom is 0.231 e. The minimum Gasteiger partial charge on any atom is -0.449 e. The normalized spacial score (nSPS) is 11.5.